The van der Waals surface area contributed by atoms with Gasteiger partial charge in [-0.25, -0.2) is 0 Å². The van der Waals surface area contributed by atoms with Crippen molar-refractivity contribution in [3.63, 3.8) is 0 Å². The molecule has 2 atom stereocenters. The number of carbonyl (C=O) groups excluding carboxylic acids is 2. The molecule has 0 bridgehead atoms. The number of anilines is 1. The van der Waals surface area contributed by atoms with Gasteiger partial charge in [0.1, 0.15) is 12.4 Å². The molecule has 0 saturated heterocycles. The van der Waals surface area contributed by atoms with Crippen LogP contribution in [0.3, 0.4) is 0 Å². The molecule has 1 aliphatic heterocycles. The van der Waals surface area contributed by atoms with Crippen molar-refractivity contribution < 1.29 is 14.3 Å². The smallest absolute Gasteiger partial charge is 0.224 e. The highest BCUT2D eigenvalue weighted by molar-refractivity contribution is 6.37. The summed E-state index contributed by atoms with van der Waals surface area (Å²) in [5.41, 5.74) is 3.54. The molecule has 1 amide bonds. The van der Waals surface area contributed by atoms with Crippen LogP contribution in [0.5, 0.6) is 5.75 Å². The third-order valence-corrected chi connectivity index (χ3v) is 7.51. The summed E-state index contributed by atoms with van der Waals surface area (Å²) < 4.78 is 5.97. The van der Waals surface area contributed by atoms with E-state index >= 15 is 0 Å². The van der Waals surface area contributed by atoms with Crippen molar-refractivity contribution in [3.8, 4) is 5.75 Å². The Morgan fingerprint density at radius 3 is 2.35 bits per heavy atom. The molecular formula is C30H28Cl2N2O3. The number of carbonyl (C=O) groups is 2. The predicted octanol–water partition coefficient (Wildman–Crippen LogP) is 7.76. The number of amides is 1. The first-order valence-corrected chi connectivity index (χ1v) is 13.0. The number of hydrogen-bond acceptors (Lipinski definition) is 4. The van der Waals surface area contributed by atoms with Gasteiger partial charge in [-0.1, -0.05) is 79.5 Å². The lowest BCUT2D eigenvalue weighted by atomic mass is 9.68. The van der Waals surface area contributed by atoms with Crippen molar-refractivity contribution in [1.82, 2.24) is 0 Å². The molecule has 1 fully saturated rings. The van der Waals surface area contributed by atoms with Gasteiger partial charge in [0.05, 0.1) is 33.4 Å². The van der Waals surface area contributed by atoms with E-state index in [-0.39, 0.29) is 17.1 Å². The zero-order valence-electron chi connectivity index (χ0n) is 21.0. The second-order valence-electron chi connectivity index (χ2n) is 10.5. The van der Waals surface area contributed by atoms with Gasteiger partial charge in [-0.2, -0.15) is 0 Å². The molecule has 3 aromatic rings. The fourth-order valence-electron chi connectivity index (χ4n) is 5.44. The maximum Gasteiger partial charge on any atom is 0.224 e. The van der Waals surface area contributed by atoms with E-state index in [0.717, 1.165) is 11.3 Å². The fourth-order valence-corrected chi connectivity index (χ4v) is 6.05. The van der Waals surface area contributed by atoms with Crippen LogP contribution >= 0.6 is 23.2 Å². The van der Waals surface area contributed by atoms with Gasteiger partial charge in [0.25, 0.3) is 0 Å². The van der Waals surface area contributed by atoms with Crippen LogP contribution in [0, 0.1) is 11.3 Å². The summed E-state index contributed by atoms with van der Waals surface area (Å²) in [5.74, 6) is -0.379. The van der Waals surface area contributed by atoms with Crippen molar-refractivity contribution in [2.75, 3.05) is 4.90 Å². The number of rotatable bonds is 4. The first-order valence-electron chi connectivity index (χ1n) is 12.3. The molecule has 5 rings (SSSR count). The van der Waals surface area contributed by atoms with Crippen LogP contribution in [0.1, 0.15) is 50.8 Å². The van der Waals surface area contributed by atoms with E-state index in [4.69, 9.17) is 32.9 Å². The summed E-state index contributed by atoms with van der Waals surface area (Å²) >= 11 is 13.4. The molecule has 2 unspecified atom stereocenters. The molecule has 2 aliphatic rings. The number of nitrogens with zero attached hydrogens (tertiary/aromatic N) is 2. The first kappa shape index (κ1) is 25.5. The molecule has 37 heavy (non-hydrogen) atoms. The van der Waals surface area contributed by atoms with Gasteiger partial charge >= 0.3 is 0 Å². The molecular weight excluding hydrogens is 507 g/mol. The maximum absolute atomic E-state index is 13.7. The van der Waals surface area contributed by atoms with Crippen LogP contribution in [0.2, 0.25) is 10.0 Å². The predicted molar refractivity (Wildman–Crippen MR) is 148 cm³/mol. The Morgan fingerprint density at radius 2 is 1.68 bits per heavy atom. The summed E-state index contributed by atoms with van der Waals surface area (Å²) in [6.07, 6.45) is 1.05. The third-order valence-electron chi connectivity index (χ3n) is 6.94. The Bertz CT molecular complexity index is 1380. The molecule has 0 spiro atoms. The maximum atomic E-state index is 13.7. The van der Waals surface area contributed by atoms with Crippen molar-refractivity contribution in [1.29, 1.82) is 0 Å². The van der Waals surface area contributed by atoms with Gasteiger partial charge < -0.3 is 9.64 Å². The average molecular weight is 535 g/mol. The lowest BCUT2D eigenvalue weighted by Gasteiger charge is -2.40. The Kier molecular flexibility index (Phi) is 6.86. The Morgan fingerprint density at radius 1 is 1.03 bits per heavy atom. The molecule has 190 valence electrons. The van der Waals surface area contributed by atoms with Gasteiger partial charge in [0.15, 0.2) is 5.75 Å². The van der Waals surface area contributed by atoms with Gasteiger partial charge in [-0.3, -0.25) is 14.6 Å². The SMILES string of the molecule is CC(=O)N1c2ccccc2N=C2CC(C)(C)CC(=O)C2C1c1cc(Cl)c(OCc2ccccc2)c(Cl)c1. The summed E-state index contributed by atoms with van der Waals surface area (Å²) in [4.78, 5) is 33.5. The van der Waals surface area contributed by atoms with Crippen LogP contribution in [0.15, 0.2) is 71.7 Å². The van der Waals surface area contributed by atoms with Gasteiger partial charge in [0, 0.05) is 19.1 Å². The van der Waals surface area contributed by atoms with E-state index < -0.39 is 12.0 Å². The van der Waals surface area contributed by atoms with Crippen molar-refractivity contribution in [3.05, 3.63) is 87.9 Å². The van der Waals surface area contributed by atoms with Crippen LogP contribution < -0.4 is 9.64 Å². The zero-order valence-corrected chi connectivity index (χ0v) is 22.5. The minimum absolute atomic E-state index is 0.0516. The highest BCUT2D eigenvalue weighted by Crippen LogP contribution is 2.49. The molecule has 7 heteroatoms. The summed E-state index contributed by atoms with van der Waals surface area (Å²) in [5, 5.41) is 0.642. The minimum Gasteiger partial charge on any atom is -0.486 e. The average Bonchev–Trinajstić information content (AvgIpc) is 2.97. The van der Waals surface area contributed by atoms with E-state index in [9.17, 15) is 9.59 Å². The number of Topliss-reactive ketones (excluding diaryl/α,β-unsaturated/α-hetero) is 1. The molecule has 1 aliphatic carbocycles. The number of hydrogen-bond donors (Lipinski definition) is 0. The monoisotopic (exact) mass is 534 g/mol. The molecule has 3 aromatic carbocycles. The number of ether oxygens (including phenoxy) is 1. The number of halogens is 2. The zero-order chi connectivity index (χ0) is 26.3. The Balaban J connectivity index is 1.62. The normalized spacial score (nSPS) is 20.4. The summed E-state index contributed by atoms with van der Waals surface area (Å²) in [7, 11) is 0. The van der Waals surface area contributed by atoms with Crippen LogP contribution in [0.4, 0.5) is 11.4 Å². The highest BCUT2D eigenvalue weighted by atomic mass is 35.5. The van der Waals surface area contributed by atoms with E-state index in [1.54, 1.807) is 17.0 Å². The first-order chi connectivity index (χ1) is 17.6. The van der Waals surface area contributed by atoms with Crippen LogP contribution in [-0.4, -0.2) is 17.4 Å². The van der Waals surface area contributed by atoms with Gasteiger partial charge in [-0.15, -0.1) is 0 Å². The molecule has 0 radical (unpaired) electrons. The van der Waals surface area contributed by atoms with Gasteiger partial charge in [-0.05, 0) is 47.2 Å². The summed E-state index contributed by atoms with van der Waals surface area (Å²) in [6.45, 7) is 5.96. The van der Waals surface area contributed by atoms with E-state index in [0.29, 0.717) is 52.2 Å². The number of fused-ring (bicyclic) bond motifs is 2. The lowest BCUT2D eigenvalue weighted by molar-refractivity contribution is -0.124. The Labute approximate surface area is 227 Å². The summed E-state index contributed by atoms with van der Waals surface area (Å²) in [6, 6.07) is 20.1. The van der Waals surface area contributed by atoms with E-state index in [1.807, 2.05) is 54.6 Å². The second-order valence-corrected chi connectivity index (χ2v) is 11.3. The fraction of sp³-hybridized carbons (Fsp3) is 0.300. The standard InChI is InChI=1S/C30H28Cl2N2O3/c1-18(35)34-25-12-8-7-11-23(25)33-24-15-30(2,3)16-26(36)27(24)28(34)20-13-21(31)29(22(32)14-20)37-17-19-9-5-4-6-10-19/h4-14,27-28H,15-17H2,1-3H3. The quantitative estimate of drug-likeness (QED) is 0.343. The molecule has 0 N–H and O–H groups in total. The van der Waals surface area contributed by atoms with E-state index in [1.165, 1.54) is 6.92 Å². The molecule has 1 heterocycles. The third kappa shape index (κ3) is 5.03. The number of para-hydroxylation sites is 2. The van der Waals surface area contributed by atoms with Crippen LogP contribution in [0.25, 0.3) is 0 Å². The van der Waals surface area contributed by atoms with Crippen LogP contribution in [-0.2, 0) is 16.2 Å². The van der Waals surface area contributed by atoms with E-state index in [2.05, 4.69) is 13.8 Å². The number of aliphatic imine (C=N–C) groups is 1. The van der Waals surface area contributed by atoms with Crippen molar-refractivity contribution in [2.24, 2.45) is 16.3 Å². The molecule has 0 aromatic heterocycles. The van der Waals surface area contributed by atoms with Crippen molar-refractivity contribution in [2.45, 2.75) is 46.3 Å². The lowest BCUT2D eigenvalue weighted by Crippen LogP contribution is -2.46. The molecule has 5 nitrogen and oxygen atoms in total. The topological polar surface area (TPSA) is 59.0 Å². The molecule has 1 saturated carbocycles. The second kappa shape index (κ2) is 9.96. The largest absolute Gasteiger partial charge is 0.486 e. The number of benzene rings is 3. The Hall–Kier alpha value is -3.15. The number of ketones is 1. The van der Waals surface area contributed by atoms with Gasteiger partial charge in [0.2, 0.25) is 5.91 Å². The minimum atomic E-state index is -0.637. The van der Waals surface area contributed by atoms with Crippen molar-refractivity contribution >= 4 is 52.0 Å². The highest BCUT2D eigenvalue weighted by Gasteiger charge is 2.47.